The molecule has 0 saturated heterocycles. The third-order valence-electron chi connectivity index (χ3n) is 4.09. The van der Waals surface area contributed by atoms with E-state index in [1.807, 2.05) is 0 Å². The van der Waals surface area contributed by atoms with Crippen LogP contribution in [0.4, 0.5) is 5.13 Å². The highest BCUT2D eigenvalue weighted by molar-refractivity contribution is 7.89. The predicted molar refractivity (Wildman–Crippen MR) is 102 cm³/mol. The van der Waals surface area contributed by atoms with Crippen molar-refractivity contribution in [2.24, 2.45) is 0 Å². The summed E-state index contributed by atoms with van der Waals surface area (Å²) in [5, 5.41) is 3.33. The van der Waals surface area contributed by atoms with E-state index >= 15 is 0 Å². The van der Waals surface area contributed by atoms with Crippen LogP contribution in [0.1, 0.15) is 40.2 Å². The fourth-order valence-corrected chi connectivity index (χ4v) is 4.80. The Morgan fingerprint density at radius 2 is 2.08 bits per heavy atom. The van der Waals surface area contributed by atoms with Crippen LogP contribution in [0.5, 0.6) is 0 Å². The highest BCUT2D eigenvalue weighted by Crippen LogP contribution is 2.29. The van der Waals surface area contributed by atoms with Crippen LogP contribution < -0.4 is 10.0 Å². The number of carbonyl (C=O) groups is 1. The number of benzene rings is 1. The van der Waals surface area contributed by atoms with Gasteiger partial charge in [-0.1, -0.05) is 18.4 Å². The van der Waals surface area contributed by atoms with Gasteiger partial charge in [0.25, 0.3) is 5.91 Å². The molecule has 0 atom stereocenters. The Hall–Kier alpha value is -2.21. The third-order valence-corrected chi connectivity index (χ3v) is 6.56. The molecule has 0 saturated carbocycles. The molecule has 1 aromatic heterocycles. The molecule has 0 bridgehead atoms. The molecule has 1 heterocycles. The molecule has 6 nitrogen and oxygen atoms in total. The van der Waals surface area contributed by atoms with Crippen LogP contribution >= 0.6 is 11.3 Å². The summed E-state index contributed by atoms with van der Waals surface area (Å²) in [5.41, 5.74) is 1.32. The largest absolute Gasteiger partial charge is 0.298 e. The lowest BCUT2D eigenvalue weighted by Crippen LogP contribution is -2.24. The zero-order valence-corrected chi connectivity index (χ0v) is 15.8. The molecular weight excluding hydrogens is 370 g/mol. The third kappa shape index (κ3) is 4.30. The van der Waals surface area contributed by atoms with E-state index in [1.165, 1.54) is 40.8 Å². The summed E-state index contributed by atoms with van der Waals surface area (Å²) in [4.78, 5) is 18.2. The zero-order valence-electron chi connectivity index (χ0n) is 14.1. The molecule has 1 aliphatic carbocycles. The average Bonchev–Trinajstić information content (AvgIpc) is 2.88. The number of nitrogens with one attached hydrogen (secondary N) is 2. The number of aromatic nitrogens is 1. The van der Waals surface area contributed by atoms with Gasteiger partial charge in [0.2, 0.25) is 10.0 Å². The summed E-state index contributed by atoms with van der Waals surface area (Å²) in [6.07, 6.45) is 10.5. The first-order valence-corrected chi connectivity index (χ1v) is 10.6. The van der Waals surface area contributed by atoms with Crippen molar-refractivity contribution < 1.29 is 13.2 Å². The maximum absolute atomic E-state index is 12.5. The lowest BCUT2D eigenvalue weighted by atomic mass is 10.2. The molecule has 136 valence electrons. The number of fused-ring (bicyclic) bond motifs is 1. The highest BCUT2D eigenvalue weighted by Gasteiger charge is 2.18. The maximum atomic E-state index is 12.5. The van der Waals surface area contributed by atoms with Gasteiger partial charge in [0, 0.05) is 10.4 Å². The maximum Gasteiger partial charge on any atom is 0.257 e. The molecule has 0 unspecified atom stereocenters. The number of aryl methyl sites for hydroxylation is 2. The van der Waals surface area contributed by atoms with E-state index < -0.39 is 10.0 Å². The van der Waals surface area contributed by atoms with E-state index in [-0.39, 0.29) is 22.9 Å². The van der Waals surface area contributed by atoms with Crippen molar-refractivity contribution in [2.45, 2.75) is 37.0 Å². The summed E-state index contributed by atoms with van der Waals surface area (Å²) in [7, 11) is -3.74. The summed E-state index contributed by atoms with van der Waals surface area (Å²) < 4.78 is 26.6. The molecule has 2 aromatic rings. The molecule has 0 spiro atoms. The molecule has 3 rings (SSSR count). The number of amides is 1. The zero-order chi connectivity index (χ0) is 18.6. The number of nitrogens with zero attached hydrogens (tertiary/aromatic N) is 1. The van der Waals surface area contributed by atoms with Crippen molar-refractivity contribution in [1.82, 2.24) is 9.71 Å². The van der Waals surface area contributed by atoms with Gasteiger partial charge in [-0.3, -0.25) is 10.1 Å². The van der Waals surface area contributed by atoms with Crippen molar-refractivity contribution in [3.63, 3.8) is 0 Å². The summed E-state index contributed by atoms with van der Waals surface area (Å²) >= 11 is 1.50. The Kier molecular flexibility index (Phi) is 5.71. The molecule has 0 fully saturated rings. The SMILES string of the molecule is C#CCNS(=O)(=O)c1cccc(C(=O)Nc2nc3c(s2)CCCCC3)c1. The number of terminal acetylenes is 1. The lowest BCUT2D eigenvalue weighted by molar-refractivity contribution is 0.102. The predicted octanol–water partition coefficient (Wildman–Crippen LogP) is 2.58. The van der Waals surface area contributed by atoms with Gasteiger partial charge in [-0.15, -0.1) is 17.8 Å². The van der Waals surface area contributed by atoms with E-state index in [0.29, 0.717) is 5.13 Å². The van der Waals surface area contributed by atoms with E-state index in [2.05, 4.69) is 20.9 Å². The molecule has 26 heavy (non-hydrogen) atoms. The Labute approximate surface area is 157 Å². The summed E-state index contributed by atoms with van der Waals surface area (Å²) in [5.74, 6) is 1.83. The number of sulfonamides is 1. The fraction of sp³-hybridized carbons (Fsp3) is 0.333. The minimum atomic E-state index is -3.74. The van der Waals surface area contributed by atoms with Gasteiger partial charge in [0.1, 0.15) is 0 Å². The second kappa shape index (κ2) is 7.99. The van der Waals surface area contributed by atoms with Crippen LogP contribution in [-0.4, -0.2) is 25.9 Å². The number of thiazole rings is 1. The molecule has 8 heteroatoms. The monoisotopic (exact) mass is 389 g/mol. The van der Waals surface area contributed by atoms with Gasteiger partial charge in [-0.25, -0.2) is 13.4 Å². The van der Waals surface area contributed by atoms with Crippen LogP contribution in [0.3, 0.4) is 0 Å². The van der Waals surface area contributed by atoms with E-state index in [0.717, 1.165) is 31.4 Å². The van der Waals surface area contributed by atoms with Crippen LogP contribution in [0.15, 0.2) is 29.2 Å². The second-order valence-corrected chi connectivity index (χ2v) is 8.81. The van der Waals surface area contributed by atoms with E-state index in [4.69, 9.17) is 6.42 Å². The standard InChI is InChI=1S/C18H19N3O3S2/c1-2-11-19-26(23,24)14-8-6-7-13(12-14)17(22)21-18-20-15-9-4-3-5-10-16(15)25-18/h1,6-8,12,19H,3-5,9-11H2,(H,20,21,22). The van der Waals surface area contributed by atoms with Crippen molar-refractivity contribution in [1.29, 1.82) is 0 Å². The van der Waals surface area contributed by atoms with Gasteiger partial charge in [0.05, 0.1) is 17.1 Å². The Bertz CT molecular complexity index is 935. The lowest BCUT2D eigenvalue weighted by Gasteiger charge is -2.06. The molecular formula is C18H19N3O3S2. The van der Waals surface area contributed by atoms with Crippen molar-refractivity contribution in [3.8, 4) is 12.3 Å². The molecule has 0 radical (unpaired) electrons. The molecule has 2 N–H and O–H groups in total. The van der Waals surface area contributed by atoms with Crippen LogP contribution in [0.25, 0.3) is 0 Å². The minimum absolute atomic E-state index is 0.00433. The summed E-state index contributed by atoms with van der Waals surface area (Å²) in [6, 6.07) is 5.83. The molecule has 0 aliphatic heterocycles. The number of hydrogen-bond donors (Lipinski definition) is 2. The van der Waals surface area contributed by atoms with Crippen LogP contribution in [0.2, 0.25) is 0 Å². The first kappa shape index (κ1) is 18.6. The van der Waals surface area contributed by atoms with Crippen molar-refractivity contribution >= 4 is 32.4 Å². The first-order chi connectivity index (χ1) is 12.5. The molecule has 1 aliphatic rings. The Morgan fingerprint density at radius 1 is 1.27 bits per heavy atom. The number of rotatable bonds is 5. The van der Waals surface area contributed by atoms with Crippen LogP contribution in [-0.2, 0) is 22.9 Å². The number of carbonyl (C=O) groups excluding carboxylic acids is 1. The quantitative estimate of drug-likeness (QED) is 0.608. The topological polar surface area (TPSA) is 88.2 Å². The average molecular weight is 390 g/mol. The molecule has 1 amide bonds. The minimum Gasteiger partial charge on any atom is -0.298 e. The number of hydrogen-bond acceptors (Lipinski definition) is 5. The first-order valence-electron chi connectivity index (χ1n) is 8.33. The van der Waals surface area contributed by atoms with Crippen molar-refractivity contribution in [3.05, 3.63) is 40.4 Å². The molecule has 1 aromatic carbocycles. The fourth-order valence-electron chi connectivity index (χ4n) is 2.78. The van der Waals surface area contributed by atoms with Gasteiger partial charge in [-0.05, 0) is 43.9 Å². The smallest absolute Gasteiger partial charge is 0.257 e. The van der Waals surface area contributed by atoms with Gasteiger partial charge in [0.15, 0.2) is 5.13 Å². The Morgan fingerprint density at radius 3 is 2.88 bits per heavy atom. The van der Waals surface area contributed by atoms with E-state index in [9.17, 15) is 13.2 Å². The highest BCUT2D eigenvalue weighted by atomic mass is 32.2. The van der Waals surface area contributed by atoms with Gasteiger partial charge < -0.3 is 0 Å². The summed E-state index contributed by atoms with van der Waals surface area (Å²) in [6.45, 7) is -0.108. The Balaban J connectivity index is 1.76. The normalized spacial score (nSPS) is 14.1. The van der Waals surface area contributed by atoms with Gasteiger partial charge >= 0.3 is 0 Å². The second-order valence-electron chi connectivity index (χ2n) is 5.96. The van der Waals surface area contributed by atoms with E-state index in [1.54, 1.807) is 6.07 Å². The number of anilines is 1. The van der Waals surface area contributed by atoms with Crippen LogP contribution in [0, 0.1) is 12.3 Å². The van der Waals surface area contributed by atoms with Gasteiger partial charge in [-0.2, -0.15) is 4.72 Å². The van der Waals surface area contributed by atoms with Crippen molar-refractivity contribution in [2.75, 3.05) is 11.9 Å².